The number of nitrogen functional groups attached to an aromatic ring is 1. The normalized spacial score (nSPS) is 10.3. The third-order valence-electron chi connectivity index (χ3n) is 2.21. The average Bonchev–Trinajstić information content (AvgIpc) is 2.31. The van der Waals surface area contributed by atoms with Crippen LogP contribution in [0, 0.1) is 0 Å². The SMILES string of the molecule is CC(C)NC(=O)CCNC(=O)c1cc(N)ncc1Cl. The second kappa shape index (κ2) is 6.94. The van der Waals surface area contributed by atoms with Crippen LogP contribution in [0.25, 0.3) is 0 Å². The Hall–Kier alpha value is -1.82. The first kappa shape index (κ1) is 15.2. The highest BCUT2D eigenvalue weighted by Gasteiger charge is 2.11. The second-order valence-electron chi connectivity index (χ2n) is 4.32. The molecule has 2 amide bonds. The van der Waals surface area contributed by atoms with Gasteiger partial charge in [0.15, 0.2) is 0 Å². The minimum atomic E-state index is -0.378. The molecule has 1 aromatic heterocycles. The van der Waals surface area contributed by atoms with Gasteiger partial charge in [0.05, 0.1) is 10.6 Å². The highest BCUT2D eigenvalue weighted by Crippen LogP contribution is 2.16. The fourth-order valence-electron chi connectivity index (χ4n) is 1.41. The summed E-state index contributed by atoms with van der Waals surface area (Å²) in [5, 5.41) is 5.55. The summed E-state index contributed by atoms with van der Waals surface area (Å²) >= 11 is 5.84. The van der Waals surface area contributed by atoms with Gasteiger partial charge >= 0.3 is 0 Å². The van der Waals surface area contributed by atoms with Crippen LogP contribution in [0.1, 0.15) is 30.6 Å². The number of rotatable bonds is 5. The second-order valence-corrected chi connectivity index (χ2v) is 4.72. The third kappa shape index (κ3) is 5.13. The minimum Gasteiger partial charge on any atom is -0.384 e. The van der Waals surface area contributed by atoms with Crippen LogP contribution in [-0.4, -0.2) is 29.4 Å². The Labute approximate surface area is 116 Å². The van der Waals surface area contributed by atoms with Crippen molar-refractivity contribution in [2.45, 2.75) is 26.3 Å². The van der Waals surface area contributed by atoms with Crippen LogP contribution in [0.5, 0.6) is 0 Å². The van der Waals surface area contributed by atoms with E-state index in [1.807, 2.05) is 13.8 Å². The Kier molecular flexibility index (Phi) is 5.57. The highest BCUT2D eigenvalue weighted by atomic mass is 35.5. The molecule has 19 heavy (non-hydrogen) atoms. The molecule has 0 aliphatic heterocycles. The van der Waals surface area contributed by atoms with E-state index in [0.717, 1.165) is 0 Å². The number of hydrogen-bond donors (Lipinski definition) is 3. The molecule has 6 nitrogen and oxygen atoms in total. The van der Waals surface area contributed by atoms with Crippen LogP contribution in [0.3, 0.4) is 0 Å². The summed E-state index contributed by atoms with van der Waals surface area (Å²) in [5.74, 6) is -0.279. The van der Waals surface area contributed by atoms with Gasteiger partial charge < -0.3 is 16.4 Å². The van der Waals surface area contributed by atoms with Gasteiger partial charge in [-0.3, -0.25) is 9.59 Å². The molecular formula is C12H17ClN4O2. The molecular weight excluding hydrogens is 268 g/mol. The van der Waals surface area contributed by atoms with Gasteiger partial charge in [-0.2, -0.15) is 0 Å². The molecule has 7 heteroatoms. The number of amides is 2. The summed E-state index contributed by atoms with van der Waals surface area (Å²) in [4.78, 5) is 26.9. The molecule has 0 aliphatic carbocycles. The number of nitrogens with zero attached hydrogens (tertiary/aromatic N) is 1. The third-order valence-corrected chi connectivity index (χ3v) is 2.51. The lowest BCUT2D eigenvalue weighted by molar-refractivity contribution is -0.121. The van der Waals surface area contributed by atoms with E-state index in [-0.39, 0.29) is 47.2 Å². The van der Waals surface area contributed by atoms with Crippen molar-refractivity contribution >= 4 is 29.2 Å². The molecule has 1 rings (SSSR count). The Balaban J connectivity index is 2.48. The van der Waals surface area contributed by atoms with Gasteiger partial charge in [0, 0.05) is 25.2 Å². The first-order chi connectivity index (χ1) is 8.90. The predicted octanol–water partition coefficient (Wildman–Crippen LogP) is 0.962. The molecule has 0 atom stereocenters. The molecule has 0 fully saturated rings. The van der Waals surface area contributed by atoms with Crippen LogP contribution in [0.15, 0.2) is 12.3 Å². The first-order valence-electron chi connectivity index (χ1n) is 5.88. The fraction of sp³-hybridized carbons (Fsp3) is 0.417. The lowest BCUT2D eigenvalue weighted by atomic mass is 10.2. The Morgan fingerprint density at radius 2 is 2.16 bits per heavy atom. The quantitative estimate of drug-likeness (QED) is 0.750. The molecule has 0 unspecified atom stereocenters. The topological polar surface area (TPSA) is 97.1 Å². The zero-order valence-electron chi connectivity index (χ0n) is 10.9. The smallest absolute Gasteiger partial charge is 0.253 e. The molecule has 0 saturated carbocycles. The summed E-state index contributed by atoms with van der Waals surface area (Å²) in [6.07, 6.45) is 1.53. The number of aromatic nitrogens is 1. The van der Waals surface area contributed by atoms with E-state index in [4.69, 9.17) is 17.3 Å². The monoisotopic (exact) mass is 284 g/mol. The number of nitrogens with two attached hydrogens (primary N) is 1. The van der Waals surface area contributed by atoms with E-state index >= 15 is 0 Å². The van der Waals surface area contributed by atoms with Crippen molar-refractivity contribution in [2.24, 2.45) is 0 Å². The maximum Gasteiger partial charge on any atom is 0.253 e. The van der Waals surface area contributed by atoms with Gasteiger partial charge in [-0.15, -0.1) is 0 Å². The Morgan fingerprint density at radius 3 is 2.79 bits per heavy atom. The summed E-state index contributed by atoms with van der Waals surface area (Å²) < 4.78 is 0. The van der Waals surface area contributed by atoms with E-state index in [1.165, 1.54) is 12.3 Å². The van der Waals surface area contributed by atoms with Gasteiger partial charge in [0.1, 0.15) is 5.82 Å². The van der Waals surface area contributed by atoms with E-state index in [1.54, 1.807) is 0 Å². The van der Waals surface area contributed by atoms with Crippen LogP contribution in [0.4, 0.5) is 5.82 Å². The van der Waals surface area contributed by atoms with E-state index < -0.39 is 0 Å². The largest absolute Gasteiger partial charge is 0.384 e. The number of carbonyl (C=O) groups is 2. The zero-order chi connectivity index (χ0) is 14.4. The number of hydrogen-bond acceptors (Lipinski definition) is 4. The van der Waals surface area contributed by atoms with Crippen molar-refractivity contribution in [3.8, 4) is 0 Å². The molecule has 4 N–H and O–H groups in total. The van der Waals surface area contributed by atoms with Crippen LogP contribution < -0.4 is 16.4 Å². The zero-order valence-corrected chi connectivity index (χ0v) is 11.6. The fourth-order valence-corrected chi connectivity index (χ4v) is 1.60. The van der Waals surface area contributed by atoms with E-state index in [0.29, 0.717) is 0 Å². The lowest BCUT2D eigenvalue weighted by Crippen LogP contribution is -2.34. The molecule has 0 spiro atoms. The van der Waals surface area contributed by atoms with Gasteiger partial charge in [0.25, 0.3) is 5.91 Å². The van der Waals surface area contributed by atoms with E-state index in [2.05, 4.69) is 15.6 Å². The molecule has 1 heterocycles. The molecule has 0 bridgehead atoms. The van der Waals surface area contributed by atoms with Crippen molar-refractivity contribution in [3.05, 3.63) is 22.8 Å². The van der Waals surface area contributed by atoms with Crippen molar-refractivity contribution in [3.63, 3.8) is 0 Å². The van der Waals surface area contributed by atoms with Crippen LogP contribution in [-0.2, 0) is 4.79 Å². The standard InChI is InChI=1S/C12H17ClN4O2/c1-7(2)17-11(18)3-4-15-12(19)8-5-10(14)16-6-9(8)13/h5-7H,3-4H2,1-2H3,(H2,14,16)(H,15,19)(H,17,18). The van der Waals surface area contributed by atoms with Gasteiger partial charge in [0.2, 0.25) is 5.91 Å². The van der Waals surface area contributed by atoms with Gasteiger partial charge in [-0.1, -0.05) is 11.6 Å². The van der Waals surface area contributed by atoms with Crippen molar-refractivity contribution < 1.29 is 9.59 Å². The molecule has 0 aromatic carbocycles. The molecule has 0 radical (unpaired) electrons. The molecule has 104 valence electrons. The van der Waals surface area contributed by atoms with Gasteiger partial charge in [-0.25, -0.2) is 4.98 Å². The number of halogens is 1. The number of anilines is 1. The summed E-state index contributed by atoms with van der Waals surface area (Å²) in [7, 11) is 0. The van der Waals surface area contributed by atoms with Crippen molar-refractivity contribution in [1.29, 1.82) is 0 Å². The van der Waals surface area contributed by atoms with Crippen molar-refractivity contribution in [1.82, 2.24) is 15.6 Å². The Morgan fingerprint density at radius 1 is 1.47 bits per heavy atom. The molecule has 1 aromatic rings. The summed E-state index contributed by atoms with van der Waals surface area (Å²) in [6, 6.07) is 1.48. The average molecular weight is 285 g/mol. The van der Waals surface area contributed by atoms with E-state index in [9.17, 15) is 9.59 Å². The summed E-state index contributed by atoms with van der Waals surface area (Å²) in [6.45, 7) is 3.97. The molecule has 0 saturated heterocycles. The van der Waals surface area contributed by atoms with Gasteiger partial charge in [-0.05, 0) is 19.9 Å². The highest BCUT2D eigenvalue weighted by molar-refractivity contribution is 6.33. The predicted molar refractivity (Wildman–Crippen MR) is 73.9 cm³/mol. The van der Waals surface area contributed by atoms with Crippen LogP contribution in [0.2, 0.25) is 5.02 Å². The van der Waals surface area contributed by atoms with Crippen molar-refractivity contribution in [2.75, 3.05) is 12.3 Å². The number of pyridine rings is 1. The maximum atomic E-state index is 11.8. The van der Waals surface area contributed by atoms with Crippen LogP contribution >= 0.6 is 11.6 Å². The lowest BCUT2D eigenvalue weighted by Gasteiger charge is -2.09. The maximum absolute atomic E-state index is 11.8. The minimum absolute atomic E-state index is 0.0812. The molecule has 0 aliphatic rings. The summed E-state index contributed by atoms with van der Waals surface area (Å²) in [5.41, 5.74) is 5.73. The Bertz CT molecular complexity index is 477. The number of carbonyl (C=O) groups excluding carboxylic acids is 2. The number of nitrogens with one attached hydrogen (secondary N) is 2. The first-order valence-corrected chi connectivity index (χ1v) is 6.26.